The number of carbonyl (C=O) groups excluding carboxylic acids is 1. The van der Waals surface area contributed by atoms with Crippen LogP contribution in [0.25, 0.3) is 0 Å². The zero-order chi connectivity index (χ0) is 15.1. The van der Waals surface area contributed by atoms with E-state index >= 15 is 0 Å². The van der Waals surface area contributed by atoms with Gasteiger partial charge in [-0.3, -0.25) is 4.79 Å². The van der Waals surface area contributed by atoms with Crippen LogP contribution in [0.4, 0.5) is 17.6 Å². The third-order valence-electron chi connectivity index (χ3n) is 3.12. The highest BCUT2D eigenvalue weighted by molar-refractivity contribution is 5.87. The highest BCUT2D eigenvalue weighted by atomic mass is 19.4. The Morgan fingerprint density at radius 3 is 2.50 bits per heavy atom. The molecule has 1 aromatic rings. The van der Waals surface area contributed by atoms with Crippen LogP contribution in [0.5, 0.6) is 0 Å². The van der Waals surface area contributed by atoms with Crippen LogP contribution in [0.15, 0.2) is 18.2 Å². The van der Waals surface area contributed by atoms with E-state index in [1.54, 1.807) is 0 Å². The second-order valence-electron chi connectivity index (χ2n) is 4.37. The smallest absolute Gasteiger partial charge is 0.471 e. The Balaban J connectivity index is 2.43. The number of hydrogen-bond acceptors (Lipinski definition) is 2. The van der Waals surface area contributed by atoms with Gasteiger partial charge in [-0.1, -0.05) is 12.1 Å². The lowest BCUT2D eigenvalue weighted by Gasteiger charge is -2.34. The van der Waals surface area contributed by atoms with Crippen molar-refractivity contribution in [2.75, 3.05) is 0 Å². The predicted molar refractivity (Wildman–Crippen MR) is 58.1 cm³/mol. The lowest BCUT2D eigenvalue weighted by molar-refractivity contribution is -0.191. The van der Waals surface area contributed by atoms with Gasteiger partial charge >= 0.3 is 18.1 Å². The molecule has 1 N–H and O–H groups in total. The molecule has 1 aliphatic heterocycles. The Morgan fingerprint density at radius 1 is 1.30 bits per heavy atom. The zero-order valence-corrected chi connectivity index (χ0v) is 9.95. The zero-order valence-electron chi connectivity index (χ0n) is 9.95. The number of benzene rings is 1. The first kappa shape index (κ1) is 14.3. The number of carboxylic acids is 1. The molecule has 0 saturated carbocycles. The van der Waals surface area contributed by atoms with Crippen molar-refractivity contribution in [3.63, 3.8) is 0 Å². The molecule has 1 heterocycles. The molecule has 20 heavy (non-hydrogen) atoms. The summed E-state index contributed by atoms with van der Waals surface area (Å²) in [6.45, 7) is -0.581. The Kier molecular flexibility index (Phi) is 3.41. The monoisotopic (exact) mass is 291 g/mol. The van der Waals surface area contributed by atoms with E-state index < -0.39 is 42.9 Å². The van der Waals surface area contributed by atoms with E-state index in [4.69, 9.17) is 5.11 Å². The largest absolute Gasteiger partial charge is 0.480 e. The molecule has 1 aliphatic rings. The first-order valence-electron chi connectivity index (χ1n) is 5.58. The van der Waals surface area contributed by atoms with Crippen LogP contribution in [0.3, 0.4) is 0 Å². The van der Waals surface area contributed by atoms with Crippen LogP contribution in [0.1, 0.15) is 11.1 Å². The molecule has 108 valence electrons. The molecule has 0 spiro atoms. The van der Waals surface area contributed by atoms with Gasteiger partial charge in [0.25, 0.3) is 0 Å². The summed E-state index contributed by atoms with van der Waals surface area (Å²) in [6.07, 6.45) is -5.66. The molecule has 0 bridgehead atoms. The van der Waals surface area contributed by atoms with Crippen molar-refractivity contribution in [3.8, 4) is 0 Å². The quantitative estimate of drug-likeness (QED) is 0.802. The maximum absolute atomic E-state index is 13.6. The van der Waals surface area contributed by atoms with Crippen LogP contribution in [-0.2, 0) is 22.6 Å². The van der Waals surface area contributed by atoms with Crippen molar-refractivity contribution in [2.45, 2.75) is 25.2 Å². The van der Waals surface area contributed by atoms with E-state index in [0.717, 1.165) is 6.07 Å². The molecular weight excluding hydrogens is 282 g/mol. The van der Waals surface area contributed by atoms with Crippen molar-refractivity contribution in [1.29, 1.82) is 0 Å². The number of hydrogen-bond donors (Lipinski definition) is 1. The highest BCUT2D eigenvalue weighted by Crippen LogP contribution is 2.29. The Hall–Kier alpha value is -2.12. The number of halogens is 4. The molecule has 0 saturated heterocycles. The Morgan fingerprint density at radius 2 is 1.95 bits per heavy atom. The molecule has 0 fully saturated rings. The first-order chi connectivity index (χ1) is 9.21. The number of nitrogens with zero attached hydrogens (tertiary/aromatic N) is 1. The predicted octanol–water partition coefficient (Wildman–Crippen LogP) is 1.73. The molecule has 1 amide bonds. The lowest BCUT2D eigenvalue weighted by atomic mass is 9.93. The summed E-state index contributed by atoms with van der Waals surface area (Å²) in [4.78, 5) is 22.5. The summed E-state index contributed by atoms with van der Waals surface area (Å²) in [5, 5.41) is 8.96. The molecule has 1 atom stereocenters. The molecule has 1 unspecified atom stereocenters. The Bertz CT molecular complexity index is 570. The normalized spacial score (nSPS) is 18.6. The lowest BCUT2D eigenvalue weighted by Crippen LogP contribution is -2.53. The minimum absolute atomic E-state index is 0.0334. The van der Waals surface area contributed by atoms with E-state index in [1.807, 2.05) is 0 Å². The number of alkyl halides is 3. The summed E-state index contributed by atoms with van der Waals surface area (Å²) in [6, 6.07) is 2.03. The molecule has 0 aromatic heterocycles. The van der Waals surface area contributed by atoms with Gasteiger partial charge in [0.2, 0.25) is 0 Å². The van der Waals surface area contributed by atoms with Gasteiger partial charge in [-0.05, 0) is 17.2 Å². The maximum atomic E-state index is 13.6. The van der Waals surface area contributed by atoms with Crippen LogP contribution < -0.4 is 0 Å². The minimum Gasteiger partial charge on any atom is -0.480 e. The van der Waals surface area contributed by atoms with Crippen molar-refractivity contribution >= 4 is 11.9 Å². The fourth-order valence-corrected chi connectivity index (χ4v) is 2.17. The van der Waals surface area contributed by atoms with Crippen molar-refractivity contribution < 1.29 is 32.3 Å². The number of aliphatic carboxylic acids is 1. The van der Waals surface area contributed by atoms with Gasteiger partial charge in [-0.15, -0.1) is 0 Å². The van der Waals surface area contributed by atoms with Gasteiger partial charge in [0, 0.05) is 13.0 Å². The number of fused-ring (bicyclic) bond motifs is 1. The van der Waals surface area contributed by atoms with Crippen molar-refractivity contribution in [1.82, 2.24) is 4.90 Å². The average Bonchev–Trinajstić information content (AvgIpc) is 2.35. The summed E-state index contributed by atoms with van der Waals surface area (Å²) in [5.74, 6) is -4.52. The standard InChI is InChI=1S/C12H9F4NO3/c13-8-3-1-2-6-5-17(11(20)12(14,15)16)9(10(18)19)4-7(6)8/h1-3,9H,4-5H2,(H,18,19). The fourth-order valence-electron chi connectivity index (χ4n) is 2.17. The summed E-state index contributed by atoms with van der Waals surface area (Å²) in [7, 11) is 0. The third-order valence-corrected chi connectivity index (χ3v) is 3.12. The molecule has 2 rings (SSSR count). The van der Waals surface area contributed by atoms with E-state index in [0.29, 0.717) is 0 Å². The van der Waals surface area contributed by atoms with Crippen LogP contribution in [0, 0.1) is 5.82 Å². The van der Waals surface area contributed by atoms with Crippen molar-refractivity contribution in [2.24, 2.45) is 0 Å². The van der Waals surface area contributed by atoms with E-state index in [-0.39, 0.29) is 16.0 Å². The van der Waals surface area contributed by atoms with Crippen LogP contribution in [-0.4, -0.2) is 34.1 Å². The number of carbonyl (C=O) groups is 2. The van der Waals surface area contributed by atoms with Gasteiger partial charge in [-0.25, -0.2) is 9.18 Å². The molecule has 0 aliphatic carbocycles. The van der Waals surface area contributed by atoms with Crippen LogP contribution >= 0.6 is 0 Å². The van der Waals surface area contributed by atoms with Gasteiger partial charge in [0.05, 0.1) is 0 Å². The summed E-state index contributed by atoms with van der Waals surface area (Å²) >= 11 is 0. The first-order valence-corrected chi connectivity index (χ1v) is 5.58. The van der Waals surface area contributed by atoms with Gasteiger partial charge < -0.3 is 10.0 Å². The number of amides is 1. The molecule has 0 radical (unpaired) electrons. The van der Waals surface area contributed by atoms with Gasteiger partial charge in [0.15, 0.2) is 0 Å². The summed E-state index contributed by atoms with van der Waals surface area (Å²) in [5.41, 5.74) is 0.214. The molecule has 1 aromatic carbocycles. The fraction of sp³-hybridized carbons (Fsp3) is 0.333. The third kappa shape index (κ3) is 2.45. The van der Waals surface area contributed by atoms with E-state index in [9.17, 15) is 27.2 Å². The summed E-state index contributed by atoms with van der Waals surface area (Å²) < 4.78 is 51.0. The van der Waals surface area contributed by atoms with E-state index in [2.05, 4.69) is 0 Å². The topological polar surface area (TPSA) is 57.6 Å². The molecule has 8 heteroatoms. The maximum Gasteiger partial charge on any atom is 0.471 e. The minimum atomic E-state index is -5.17. The second kappa shape index (κ2) is 4.77. The second-order valence-corrected chi connectivity index (χ2v) is 4.37. The van der Waals surface area contributed by atoms with Crippen molar-refractivity contribution in [3.05, 3.63) is 35.1 Å². The highest BCUT2D eigenvalue weighted by Gasteiger charge is 2.47. The SMILES string of the molecule is O=C(O)C1Cc2c(F)cccc2CN1C(=O)C(F)(F)F. The van der Waals surface area contributed by atoms with E-state index in [1.165, 1.54) is 12.1 Å². The van der Waals surface area contributed by atoms with Crippen LogP contribution in [0.2, 0.25) is 0 Å². The van der Waals surface area contributed by atoms with Gasteiger partial charge in [0.1, 0.15) is 11.9 Å². The van der Waals surface area contributed by atoms with Gasteiger partial charge in [-0.2, -0.15) is 13.2 Å². The molecule has 4 nitrogen and oxygen atoms in total. The average molecular weight is 291 g/mol. The Labute approximate surface area is 110 Å². The molecular formula is C12H9F4NO3. The number of carboxylic acid groups (broad SMARTS) is 1. The number of rotatable bonds is 1.